The Labute approximate surface area is 106 Å². The maximum absolute atomic E-state index is 11.9. The smallest absolute Gasteiger partial charge is 0.253 e. The Bertz CT molecular complexity index is 403. The molecule has 1 saturated heterocycles. The minimum Gasteiger partial charge on any atom is -0.490 e. The second-order valence-electron chi connectivity index (χ2n) is 4.12. The lowest BCUT2D eigenvalue weighted by Gasteiger charge is -2.14. The molecule has 1 aliphatic heterocycles. The first-order valence-electron chi connectivity index (χ1n) is 6.15. The van der Waals surface area contributed by atoms with Crippen LogP contribution in [0, 0.1) is 0 Å². The highest BCUT2D eigenvalue weighted by Crippen LogP contribution is 2.24. The third kappa shape index (κ3) is 3.21. The summed E-state index contributed by atoms with van der Waals surface area (Å²) in [7, 11) is 0. The highest BCUT2D eigenvalue weighted by Gasteiger charge is 2.24. The van der Waals surface area contributed by atoms with Crippen molar-refractivity contribution in [2.24, 2.45) is 5.73 Å². The fourth-order valence-electron chi connectivity index (χ4n) is 1.86. The molecule has 1 amide bonds. The molecule has 0 aliphatic carbocycles. The molecule has 0 bridgehead atoms. The molecule has 1 unspecified atom stereocenters. The van der Waals surface area contributed by atoms with Crippen molar-refractivity contribution in [3.05, 3.63) is 24.3 Å². The van der Waals surface area contributed by atoms with Gasteiger partial charge in [0.05, 0.1) is 5.69 Å². The van der Waals surface area contributed by atoms with Crippen molar-refractivity contribution in [2.45, 2.75) is 18.9 Å². The summed E-state index contributed by atoms with van der Waals surface area (Å²) in [4.78, 5) is 11.9. The fraction of sp³-hybridized carbons (Fsp3) is 0.462. The molecule has 1 aromatic rings. The molecular weight excluding hydrogens is 232 g/mol. The summed E-state index contributed by atoms with van der Waals surface area (Å²) >= 11 is 0. The van der Waals surface area contributed by atoms with Crippen molar-refractivity contribution in [1.82, 2.24) is 0 Å². The number of hydrogen-bond donors (Lipinski definition) is 2. The number of carbonyl (C=O) groups excluding carboxylic acids is 1. The van der Waals surface area contributed by atoms with Crippen LogP contribution in [0.2, 0.25) is 0 Å². The van der Waals surface area contributed by atoms with Crippen molar-refractivity contribution in [3.8, 4) is 5.75 Å². The van der Waals surface area contributed by atoms with Gasteiger partial charge < -0.3 is 20.5 Å². The van der Waals surface area contributed by atoms with Crippen molar-refractivity contribution >= 4 is 11.6 Å². The summed E-state index contributed by atoms with van der Waals surface area (Å²) < 4.78 is 10.8. The molecule has 1 heterocycles. The van der Waals surface area contributed by atoms with Gasteiger partial charge in [0.1, 0.15) is 18.5 Å². The van der Waals surface area contributed by atoms with E-state index in [1.54, 1.807) is 12.1 Å². The minimum atomic E-state index is -0.340. The number of benzene rings is 1. The van der Waals surface area contributed by atoms with Crippen molar-refractivity contribution < 1.29 is 14.3 Å². The van der Waals surface area contributed by atoms with Gasteiger partial charge in [-0.25, -0.2) is 0 Å². The molecule has 0 saturated carbocycles. The molecule has 2 rings (SSSR count). The first-order chi connectivity index (χ1) is 8.81. The Hall–Kier alpha value is -1.59. The zero-order valence-corrected chi connectivity index (χ0v) is 10.2. The number of nitrogens with one attached hydrogen (secondary N) is 1. The van der Waals surface area contributed by atoms with E-state index in [1.165, 1.54) is 0 Å². The molecule has 1 atom stereocenters. The quantitative estimate of drug-likeness (QED) is 0.822. The van der Waals surface area contributed by atoms with Crippen LogP contribution >= 0.6 is 0 Å². The van der Waals surface area contributed by atoms with Crippen molar-refractivity contribution in [1.29, 1.82) is 0 Å². The predicted octanol–water partition coefficient (Wildman–Crippen LogP) is 1.14. The van der Waals surface area contributed by atoms with Gasteiger partial charge in [0.2, 0.25) is 0 Å². The van der Waals surface area contributed by atoms with Crippen LogP contribution in [0.5, 0.6) is 5.75 Å². The summed E-state index contributed by atoms with van der Waals surface area (Å²) in [5, 5.41) is 2.83. The second-order valence-corrected chi connectivity index (χ2v) is 4.12. The van der Waals surface area contributed by atoms with E-state index in [-0.39, 0.29) is 12.0 Å². The Morgan fingerprint density at radius 3 is 3.06 bits per heavy atom. The molecule has 1 aromatic carbocycles. The number of para-hydroxylation sites is 2. The summed E-state index contributed by atoms with van der Waals surface area (Å²) in [6.45, 7) is 1.52. The van der Waals surface area contributed by atoms with Crippen LogP contribution < -0.4 is 15.8 Å². The number of nitrogens with two attached hydrogens (primary N) is 1. The van der Waals surface area contributed by atoms with Crippen LogP contribution in [0.4, 0.5) is 5.69 Å². The van der Waals surface area contributed by atoms with Crippen LogP contribution in [0.25, 0.3) is 0 Å². The summed E-state index contributed by atoms with van der Waals surface area (Å²) in [5.74, 6) is 0.519. The van der Waals surface area contributed by atoms with Gasteiger partial charge >= 0.3 is 0 Å². The predicted molar refractivity (Wildman–Crippen MR) is 68.6 cm³/mol. The van der Waals surface area contributed by atoms with Gasteiger partial charge in [-0.1, -0.05) is 12.1 Å². The van der Waals surface area contributed by atoms with E-state index in [0.717, 1.165) is 12.8 Å². The van der Waals surface area contributed by atoms with Crippen LogP contribution in [0.15, 0.2) is 24.3 Å². The van der Waals surface area contributed by atoms with Gasteiger partial charge in [0, 0.05) is 13.2 Å². The van der Waals surface area contributed by atoms with E-state index in [0.29, 0.717) is 31.2 Å². The molecule has 18 heavy (non-hydrogen) atoms. The molecule has 0 aromatic heterocycles. The maximum atomic E-state index is 11.9. The standard InChI is InChI=1S/C13H18N2O3/c14-7-9-18-11-5-2-1-4-10(11)15-13(16)12-6-3-8-17-12/h1-2,4-5,12H,3,6-9,14H2,(H,15,16). The zero-order chi connectivity index (χ0) is 12.8. The number of carbonyl (C=O) groups is 1. The van der Waals surface area contributed by atoms with Gasteiger partial charge in [0.25, 0.3) is 5.91 Å². The van der Waals surface area contributed by atoms with E-state index in [1.807, 2.05) is 12.1 Å². The Morgan fingerprint density at radius 2 is 2.33 bits per heavy atom. The van der Waals surface area contributed by atoms with Crippen LogP contribution in [-0.4, -0.2) is 31.8 Å². The number of rotatable bonds is 5. The molecular formula is C13H18N2O3. The molecule has 0 radical (unpaired) electrons. The number of amides is 1. The maximum Gasteiger partial charge on any atom is 0.253 e. The van der Waals surface area contributed by atoms with Crippen LogP contribution in [0.1, 0.15) is 12.8 Å². The lowest BCUT2D eigenvalue weighted by molar-refractivity contribution is -0.124. The molecule has 5 nitrogen and oxygen atoms in total. The molecule has 3 N–H and O–H groups in total. The molecule has 1 aliphatic rings. The van der Waals surface area contributed by atoms with Crippen LogP contribution in [-0.2, 0) is 9.53 Å². The highest BCUT2D eigenvalue weighted by atomic mass is 16.5. The average molecular weight is 250 g/mol. The van der Waals surface area contributed by atoms with E-state index < -0.39 is 0 Å². The SMILES string of the molecule is NCCOc1ccccc1NC(=O)C1CCCO1. The first-order valence-corrected chi connectivity index (χ1v) is 6.15. The molecule has 1 fully saturated rings. The second kappa shape index (κ2) is 6.37. The zero-order valence-electron chi connectivity index (χ0n) is 10.2. The van der Waals surface area contributed by atoms with Crippen molar-refractivity contribution in [3.63, 3.8) is 0 Å². The molecule has 0 spiro atoms. The van der Waals surface area contributed by atoms with Gasteiger partial charge in [-0.2, -0.15) is 0 Å². The first kappa shape index (κ1) is 12.9. The number of anilines is 1. The van der Waals surface area contributed by atoms with E-state index in [4.69, 9.17) is 15.2 Å². The lowest BCUT2D eigenvalue weighted by atomic mass is 10.2. The summed E-state index contributed by atoms with van der Waals surface area (Å²) in [6.07, 6.45) is 1.37. The topological polar surface area (TPSA) is 73.6 Å². The average Bonchev–Trinajstić information content (AvgIpc) is 2.91. The fourth-order valence-corrected chi connectivity index (χ4v) is 1.86. The van der Waals surface area contributed by atoms with Gasteiger partial charge in [-0.05, 0) is 25.0 Å². The minimum absolute atomic E-state index is 0.115. The monoisotopic (exact) mass is 250 g/mol. The summed E-state index contributed by atoms with van der Waals surface area (Å²) in [6, 6.07) is 7.31. The Kier molecular flexibility index (Phi) is 4.55. The number of hydrogen-bond acceptors (Lipinski definition) is 4. The van der Waals surface area contributed by atoms with Gasteiger partial charge in [0.15, 0.2) is 0 Å². The van der Waals surface area contributed by atoms with E-state index >= 15 is 0 Å². The molecule has 98 valence electrons. The normalized spacial score (nSPS) is 18.6. The highest BCUT2D eigenvalue weighted by molar-refractivity contribution is 5.95. The Morgan fingerprint density at radius 1 is 1.50 bits per heavy atom. The number of ether oxygens (including phenoxy) is 2. The summed E-state index contributed by atoms with van der Waals surface area (Å²) in [5.41, 5.74) is 6.05. The van der Waals surface area contributed by atoms with E-state index in [9.17, 15) is 4.79 Å². The van der Waals surface area contributed by atoms with Crippen molar-refractivity contribution in [2.75, 3.05) is 25.1 Å². The lowest BCUT2D eigenvalue weighted by Crippen LogP contribution is -2.27. The van der Waals surface area contributed by atoms with Gasteiger partial charge in [-0.15, -0.1) is 0 Å². The Balaban J connectivity index is 2.00. The van der Waals surface area contributed by atoms with Gasteiger partial charge in [-0.3, -0.25) is 4.79 Å². The van der Waals surface area contributed by atoms with E-state index in [2.05, 4.69) is 5.32 Å². The molecule has 5 heteroatoms. The van der Waals surface area contributed by atoms with Crippen LogP contribution in [0.3, 0.4) is 0 Å². The third-order valence-corrected chi connectivity index (χ3v) is 2.74. The third-order valence-electron chi connectivity index (χ3n) is 2.74. The largest absolute Gasteiger partial charge is 0.490 e.